The molecule has 0 spiro atoms. The molecule has 0 aliphatic carbocycles. The normalized spacial score (nSPS) is 8.80. The Bertz CT molecular complexity index is 124. The minimum Gasteiger partial charge on any atom is -1.00 e. The molecule has 0 rings (SSSR count). The van der Waals surface area contributed by atoms with Gasteiger partial charge in [0.15, 0.2) is 0 Å². The summed E-state index contributed by atoms with van der Waals surface area (Å²) in [6, 6.07) is 0. The third-order valence-electron chi connectivity index (χ3n) is 0.1000. The van der Waals surface area contributed by atoms with Crippen LogP contribution < -0.4 is 18.9 Å². The molecule has 0 aliphatic heterocycles. The Morgan fingerprint density at radius 1 is 1.10 bits per heavy atom. The molecule has 6 nitrogen and oxygen atoms in total. The summed E-state index contributed by atoms with van der Waals surface area (Å²) in [6.45, 7) is -0.250. The fourth-order valence-electron chi connectivity index (χ4n) is 0. The Kier molecular flexibility index (Phi) is 15.7. The molecule has 0 atom stereocenters. The Morgan fingerprint density at radius 3 is 1.20 bits per heavy atom. The zero-order valence-corrected chi connectivity index (χ0v) is 6.24. The van der Waals surface area contributed by atoms with Crippen LogP contribution in [-0.2, 0) is 10.4 Å². The first-order valence-electron chi connectivity index (χ1n) is 1.83. The molecule has 0 aromatic carbocycles. The van der Waals surface area contributed by atoms with E-state index < -0.39 is 10.4 Å². The summed E-state index contributed by atoms with van der Waals surface area (Å²) in [4.78, 5) is 0. The molecular formula is C2H9LiO6S. The van der Waals surface area contributed by atoms with Crippen LogP contribution in [0, 0.1) is 0 Å². The minimum absolute atomic E-state index is 0. The third kappa shape index (κ3) is 238. The van der Waals surface area contributed by atoms with Crippen molar-refractivity contribution >= 4 is 10.4 Å². The standard InChI is InChI=1S/C2H6O2.Li.H2O4S.H/c3-1-2-4;;1-5(2,3)4;/h3-4H,1-2H2;;(H2,1,2,3,4);/q;+1;;-1. The van der Waals surface area contributed by atoms with E-state index in [2.05, 4.69) is 0 Å². The molecule has 0 fully saturated rings. The molecule has 0 saturated heterocycles. The van der Waals surface area contributed by atoms with Gasteiger partial charge in [0.2, 0.25) is 0 Å². The van der Waals surface area contributed by atoms with Crippen molar-refractivity contribution < 1.29 is 48.0 Å². The van der Waals surface area contributed by atoms with Gasteiger partial charge in [-0.1, -0.05) is 0 Å². The Hall–Kier alpha value is 0.387. The fourth-order valence-corrected chi connectivity index (χ4v) is 0. The van der Waals surface area contributed by atoms with Crippen molar-refractivity contribution in [3.8, 4) is 0 Å². The van der Waals surface area contributed by atoms with Crippen LogP contribution in [0.3, 0.4) is 0 Å². The summed E-state index contributed by atoms with van der Waals surface area (Å²) in [5.41, 5.74) is 0. The van der Waals surface area contributed by atoms with Gasteiger partial charge in [0.1, 0.15) is 0 Å². The molecule has 0 saturated carbocycles. The van der Waals surface area contributed by atoms with E-state index in [-0.39, 0.29) is 33.5 Å². The topological polar surface area (TPSA) is 115 Å². The molecule has 60 valence electrons. The molecule has 4 N–H and O–H groups in total. The average molecular weight is 168 g/mol. The molecule has 0 aliphatic rings. The van der Waals surface area contributed by atoms with Crippen molar-refractivity contribution in [2.75, 3.05) is 13.2 Å². The van der Waals surface area contributed by atoms with Gasteiger partial charge in [0.25, 0.3) is 0 Å². The summed E-state index contributed by atoms with van der Waals surface area (Å²) in [7, 11) is -4.67. The van der Waals surface area contributed by atoms with E-state index in [1.807, 2.05) is 0 Å². The van der Waals surface area contributed by atoms with E-state index in [0.29, 0.717) is 0 Å². The Labute approximate surface area is 72.1 Å². The predicted octanol–water partition coefficient (Wildman–Crippen LogP) is -4.57. The third-order valence-corrected chi connectivity index (χ3v) is 0.1000. The smallest absolute Gasteiger partial charge is 1.00 e. The van der Waals surface area contributed by atoms with Crippen LogP contribution in [0.1, 0.15) is 1.43 Å². The van der Waals surface area contributed by atoms with Crippen LogP contribution in [-0.4, -0.2) is 41.0 Å². The molecule has 0 bridgehead atoms. The molecule has 0 amide bonds. The van der Waals surface area contributed by atoms with Crippen molar-refractivity contribution in [1.29, 1.82) is 0 Å². The average Bonchev–Trinajstić information content (AvgIpc) is 1.61. The van der Waals surface area contributed by atoms with Gasteiger partial charge in [0, 0.05) is 0 Å². The number of aliphatic hydroxyl groups excluding tert-OH is 2. The van der Waals surface area contributed by atoms with Crippen LogP contribution in [0.4, 0.5) is 0 Å². The van der Waals surface area contributed by atoms with E-state index >= 15 is 0 Å². The second kappa shape index (κ2) is 9.39. The molecule has 8 heteroatoms. The predicted molar refractivity (Wildman–Crippen MR) is 29.5 cm³/mol. The van der Waals surface area contributed by atoms with Crippen LogP contribution in [0.25, 0.3) is 0 Å². The van der Waals surface area contributed by atoms with E-state index in [9.17, 15) is 0 Å². The minimum atomic E-state index is -4.67. The molecular weight excluding hydrogens is 159 g/mol. The Morgan fingerprint density at radius 2 is 1.20 bits per heavy atom. The maximum absolute atomic E-state index is 8.74. The number of hydrogen-bond donors (Lipinski definition) is 4. The van der Waals surface area contributed by atoms with Gasteiger partial charge < -0.3 is 11.6 Å². The van der Waals surface area contributed by atoms with Gasteiger partial charge in [0.05, 0.1) is 13.2 Å². The number of rotatable bonds is 1. The van der Waals surface area contributed by atoms with E-state index in [1.165, 1.54) is 0 Å². The van der Waals surface area contributed by atoms with E-state index in [1.54, 1.807) is 0 Å². The molecule has 0 heterocycles. The van der Waals surface area contributed by atoms with Crippen LogP contribution >= 0.6 is 0 Å². The van der Waals surface area contributed by atoms with Crippen molar-refractivity contribution in [1.82, 2.24) is 0 Å². The second-order valence-corrected chi connectivity index (χ2v) is 1.79. The van der Waals surface area contributed by atoms with Crippen molar-refractivity contribution in [3.05, 3.63) is 0 Å². The quantitative estimate of drug-likeness (QED) is 0.231. The maximum Gasteiger partial charge on any atom is 1.00 e. The van der Waals surface area contributed by atoms with Crippen molar-refractivity contribution in [3.63, 3.8) is 0 Å². The zero-order chi connectivity index (χ0) is 7.91. The largest absolute Gasteiger partial charge is 1.00 e. The number of aliphatic hydroxyl groups is 2. The summed E-state index contributed by atoms with van der Waals surface area (Å²) < 4.78 is 31.6. The van der Waals surface area contributed by atoms with Crippen molar-refractivity contribution in [2.24, 2.45) is 0 Å². The monoisotopic (exact) mass is 168 g/mol. The second-order valence-electron chi connectivity index (χ2n) is 0.895. The first kappa shape index (κ1) is 16.8. The first-order valence-corrected chi connectivity index (χ1v) is 3.23. The van der Waals surface area contributed by atoms with E-state index in [4.69, 9.17) is 27.7 Å². The summed E-state index contributed by atoms with van der Waals surface area (Å²) in [6.07, 6.45) is 0. The molecule has 0 aromatic heterocycles. The maximum atomic E-state index is 8.74. The summed E-state index contributed by atoms with van der Waals surface area (Å²) in [5.74, 6) is 0. The molecule has 0 unspecified atom stereocenters. The van der Waals surface area contributed by atoms with Crippen LogP contribution in [0.5, 0.6) is 0 Å². The molecule has 10 heavy (non-hydrogen) atoms. The van der Waals surface area contributed by atoms with Gasteiger partial charge in [-0.2, -0.15) is 8.42 Å². The number of hydrogen-bond acceptors (Lipinski definition) is 4. The van der Waals surface area contributed by atoms with E-state index in [0.717, 1.165) is 0 Å². The molecule has 0 radical (unpaired) electrons. The van der Waals surface area contributed by atoms with Gasteiger partial charge in [-0.15, -0.1) is 0 Å². The molecule has 0 aromatic rings. The van der Waals surface area contributed by atoms with Crippen LogP contribution in [0.2, 0.25) is 0 Å². The Balaban J connectivity index is -0.0000000383. The van der Waals surface area contributed by atoms with Crippen LogP contribution in [0.15, 0.2) is 0 Å². The van der Waals surface area contributed by atoms with Gasteiger partial charge >= 0.3 is 29.3 Å². The van der Waals surface area contributed by atoms with Gasteiger partial charge in [-0.25, -0.2) is 0 Å². The van der Waals surface area contributed by atoms with Gasteiger partial charge in [-0.05, 0) is 0 Å². The zero-order valence-electron chi connectivity index (χ0n) is 6.43. The summed E-state index contributed by atoms with van der Waals surface area (Å²) in [5, 5.41) is 15.2. The SMILES string of the molecule is O=S(=O)(O)O.OCCO.[H-].[Li+]. The fraction of sp³-hybridized carbons (Fsp3) is 1.00. The van der Waals surface area contributed by atoms with Crippen molar-refractivity contribution in [2.45, 2.75) is 0 Å². The first-order chi connectivity index (χ1) is 3.91. The van der Waals surface area contributed by atoms with Gasteiger partial charge in [-0.3, -0.25) is 9.11 Å². The summed E-state index contributed by atoms with van der Waals surface area (Å²) >= 11 is 0.